The molecule has 5 atom stereocenters. The minimum absolute atomic E-state index is 0.191. The molecule has 0 radical (unpaired) electrons. The van der Waals surface area contributed by atoms with Crippen LogP contribution in [0.2, 0.25) is 0 Å². The van der Waals surface area contributed by atoms with Crippen LogP contribution in [0, 0.1) is 0 Å². The predicted molar refractivity (Wildman–Crippen MR) is 83.3 cm³/mol. The van der Waals surface area contributed by atoms with Crippen LogP contribution in [0.15, 0.2) is 0 Å². The van der Waals surface area contributed by atoms with Crippen molar-refractivity contribution in [2.75, 3.05) is 19.1 Å². The van der Waals surface area contributed by atoms with Crippen LogP contribution < -0.4 is 0 Å². The van der Waals surface area contributed by atoms with E-state index >= 15 is 0 Å². The van der Waals surface area contributed by atoms with Crippen LogP contribution in [-0.4, -0.2) is 61.4 Å². The van der Waals surface area contributed by atoms with Crippen molar-refractivity contribution in [2.45, 2.75) is 82.8 Å². The largest absolute Gasteiger partial charge is 0.372 e. The molecule has 0 aromatic carbocycles. The zero-order valence-electron chi connectivity index (χ0n) is 14.2. The maximum atomic E-state index is 6.08. The van der Waals surface area contributed by atoms with Gasteiger partial charge in [-0.15, -0.1) is 11.6 Å². The first-order chi connectivity index (χ1) is 10.8. The normalized spacial score (nSPS) is 41.3. The lowest BCUT2D eigenvalue weighted by Crippen LogP contribution is -2.44. The molecule has 3 saturated heterocycles. The number of halogens is 1. The van der Waals surface area contributed by atoms with Crippen molar-refractivity contribution < 1.29 is 28.4 Å². The van der Waals surface area contributed by atoms with Gasteiger partial charge in [0.1, 0.15) is 24.4 Å². The first kappa shape index (κ1) is 17.9. The second-order valence-corrected chi connectivity index (χ2v) is 7.55. The average Bonchev–Trinajstić information content (AvgIpc) is 3.05. The number of unbranched alkanes of at least 4 members (excludes halogenated alkanes) is 1. The number of hydrogen-bond acceptors (Lipinski definition) is 6. The number of alkyl halides is 1. The SMILES string of the molecule is CC1(C)OCC(C2OC3OC(C)(C)OC3C2OCCCCCl)O1. The molecule has 3 fully saturated rings. The third-order valence-electron chi connectivity index (χ3n) is 4.26. The first-order valence-electron chi connectivity index (χ1n) is 8.32. The van der Waals surface area contributed by atoms with Crippen molar-refractivity contribution in [2.24, 2.45) is 0 Å². The van der Waals surface area contributed by atoms with Gasteiger partial charge in [0.15, 0.2) is 17.9 Å². The summed E-state index contributed by atoms with van der Waals surface area (Å²) in [6.07, 6.45) is 0.454. The molecule has 0 N–H and O–H groups in total. The molecule has 0 aliphatic carbocycles. The smallest absolute Gasteiger partial charge is 0.190 e. The van der Waals surface area contributed by atoms with Crippen molar-refractivity contribution in [3.63, 3.8) is 0 Å². The molecule has 5 unspecified atom stereocenters. The summed E-state index contributed by atoms with van der Waals surface area (Å²) in [4.78, 5) is 0. The number of rotatable bonds is 6. The molecule has 0 amide bonds. The van der Waals surface area contributed by atoms with E-state index in [-0.39, 0.29) is 24.4 Å². The summed E-state index contributed by atoms with van der Waals surface area (Å²) in [7, 11) is 0. The summed E-state index contributed by atoms with van der Waals surface area (Å²) >= 11 is 5.73. The lowest BCUT2D eigenvalue weighted by atomic mass is 10.1. The third-order valence-corrected chi connectivity index (χ3v) is 4.53. The number of ether oxygens (including phenoxy) is 6. The Morgan fingerprint density at radius 1 is 1.00 bits per heavy atom. The molecular weight excluding hydrogens is 324 g/mol. The molecule has 3 rings (SSSR count). The van der Waals surface area contributed by atoms with Gasteiger partial charge >= 0.3 is 0 Å². The molecule has 3 aliphatic heterocycles. The summed E-state index contributed by atoms with van der Waals surface area (Å²) < 4.78 is 35.6. The van der Waals surface area contributed by atoms with Gasteiger partial charge in [-0.2, -0.15) is 0 Å². The molecule has 0 aromatic heterocycles. The second kappa shape index (κ2) is 6.75. The van der Waals surface area contributed by atoms with Gasteiger partial charge in [0.05, 0.1) is 6.61 Å². The maximum Gasteiger partial charge on any atom is 0.190 e. The molecule has 3 heterocycles. The fourth-order valence-electron chi connectivity index (χ4n) is 3.29. The highest BCUT2D eigenvalue weighted by molar-refractivity contribution is 6.17. The van der Waals surface area contributed by atoms with Crippen LogP contribution in [0.3, 0.4) is 0 Å². The maximum absolute atomic E-state index is 6.08. The highest BCUT2D eigenvalue weighted by Gasteiger charge is 2.58. The van der Waals surface area contributed by atoms with Crippen molar-refractivity contribution in [1.29, 1.82) is 0 Å². The highest BCUT2D eigenvalue weighted by atomic mass is 35.5. The van der Waals surface area contributed by atoms with E-state index in [1.807, 2.05) is 27.7 Å². The van der Waals surface area contributed by atoms with E-state index in [0.29, 0.717) is 19.1 Å². The topological polar surface area (TPSA) is 55.4 Å². The van der Waals surface area contributed by atoms with E-state index in [9.17, 15) is 0 Å². The van der Waals surface area contributed by atoms with E-state index in [0.717, 1.165) is 12.8 Å². The molecule has 134 valence electrons. The monoisotopic (exact) mass is 350 g/mol. The van der Waals surface area contributed by atoms with Gasteiger partial charge < -0.3 is 28.4 Å². The second-order valence-electron chi connectivity index (χ2n) is 7.17. The van der Waals surface area contributed by atoms with Crippen LogP contribution in [0.1, 0.15) is 40.5 Å². The summed E-state index contributed by atoms with van der Waals surface area (Å²) in [6.45, 7) is 8.65. The van der Waals surface area contributed by atoms with E-state index in [4.69, 9.17) is 40.0 Å². The highest BCUT2D eigenvalue weighted by Crippen LogP contribution is 2.41. The number of hydrogen-bond donors (Lipinski definition) is 0. The Morgan fingerprint density at radius 2 is 1.78 bits per heavy atom. The summed E-state index contributed by atoms with van der Waals surface area (Å²) in [6, 6.07) is 0. The minimum atomic E-state index is -0.662. The fraction of sp³-hybridized carbons (Fsp3) is 1.00. The fourth-order valence-corrected chi connectivity index (χ4v) is 3.48. The van der Waals surface area contributed by atoms with Crippen LogP contribution in [0.25, 0.3) is 0 Å². The Morgan fingerprint density at radius 3 is 2.43 bits per heavy atom. The summed E-state index contributed by atoms with van der Waals surface area (Å²) in [5.41, 5.74) is 0. The van der Waals surface area contributed by atoms with E-state index in [1.165, 1.54) is 0 Å². The van der Waals surface area contributed by atoms with Crippen LogP contribution in [0.4, 0.5) is 0 Å². The molecule has 0 spiro atoms. The Labute approximate surface area is 142 Å². The minimum Gasteiger partial charge on any atom is -0.372 e. The van der Waals surface area contributed by atoms with E-state index in [1.54, 1.807) is 0 Å². The first-order valence-corrected chi connectivity index (χ1v) is 8.85. The molecule has 6 nitrogen and oxygen atoms in total. The van der Waals surface area contributed by atoms with Crippen molar-refractivity contribution >= 4 is 11.6 Å². The Hall–Kier alpha value is 0.0500. The van der Waals surface area contributed by atoms with Gasteiger partial charge in [0.2, 0.25) is 0 Å². The van der Waals surface area contributed by atoms with Gasteiger partial charge in [-0.3, -0.25) is 0 Å². The van der Waals surface area contributed by atoms with Gasteiger partial charge in [0, 0.05) is 12.5 Å². The molecular formula is C16H27ClO6. The molecule has 23 heavy (non-hydrogen) atoms. The molecule has 0 bridgehead atoms. The van der Waals surface area contributed by atoms with Gasteiger partial charge in [-0.1, -0.05) is 0 Å². The quantitative estimate of drug-likeness (QED) is 0.541. The lowest BCUT2D eigenvalue weighted by Gasteiger charge is -2.29. The summed E-state index contributed by atoms with van der Waals surface area (Å²) in [5, 5.41) is 0. The van der Waals surface area contributed by atoms with E-state index < -0.39 is 17.9 Å². The lowest BCUT2D eigenvalue weighted by molar-refractivity contribution is -0.236. The van der Waals surface area contributed by atoms with Crippen LogP contribution >= 0.6 is 11.6 Å². The molecule has 0 aromatic rings. The zero-order valence-corrected chi connectivity index (χ0v) is 15.0. The number of fused-ring (bicyclic) bond motifs is 1. The van der Waals surface area contributed by atoms with Crippen molar-refractivity contribution in [3.05, 3.63) is 0 Å². The van der Waals surface area contributed by atoms with Crippen molar-refractivity contribution in [3.8, 4) is 0 Å². The zero-order chi connectivity index (χ0) is 16.7. The molecule has 0 saturated carbocycles. The molecule has 3 aliphatic rings. The van der Waals surface area contributed by atoms with Crippen LogP contribution in [-0.2, 0) is 28.4 Å². The van der Waals surface area contributed by atoms with Gasteiger partial charge in [-0.05, 0) is 40.5 Å². The standard InChI is InChI=1S/C16H27ClO6/c1-15(2)19-9-10(21-15)11-12(18-8-6-5-7-17)13-14(20-11)23-16(3,4)22-13/h10-14H,5-9H2,1-4H3. The average molecular weight is 351 g/mol. The van der Waals surface area contributed by atoms with Crippen molar-refractivity contribution in [1.82, 2.24) is 0 Å². The Bertz CT molecular complexity index is 415. The molecule has 7 heteroatoms. The van der Waals surface area contributed by atoms with Gasteiger partial charge in [0.25, 0.3) is 0 Å². The van der Waals surface area contributed by atoms with Crippen LogP contribution in [0.5, 0.6) is 0 Å². The Balaban J connectivity index is 1.66. The summed E-state index contributed by atoms with van der Waals surface area (Å²) in [5.74, 6) is -0.624. The third kappa shape index (κ3) is 4.00. The predicted octanol–water partition coefficient (Wildman–Crippen LogP) is 2.42. The van der Waals surface area contributed by atoms with Gasteiger partial charge in [-0.25, -0.2) is 0 Å². The Kier molecular flexibility index (Phi) is 5.24. The van der Waals surface area contributed by atoms with E-state index in [2.05, 4.69) is 0 Å².